The van der Waals surface area contributed by atoms with Crippen molar-refractivity contribution in [2.24, 2.45) is 11.8 Å². The molecule has 4 unspecified atom stereocenters. The van der Waals surface area contributed by atoms with E-state index in [2.05, 4.69) is 4.98 Å². The van der Waals surface area contributed by atoms with Crippen molar-refractivity contribution in [2.75, 3.05) is 4.90 Å². The molecule has 0 radical (unpaired) electrons. The summed E-state index contributed by atoms with van der Waals surface area (Å²) in [6, 6.07) is 14.7. The number of benzene rings is 2. The second-order valence-corrected chi connectivity index (χ2v) is 7.05. The second-order valence-electron chi connectivity index (χ2n) is 7.05. The average Bonchev–Trinajstić information content (AvgIpc) is 3.44. The van der Waals surface area contributed by atoms with E-state index in [1.807, 2.05) is 42.5 Å². The van der Waals surface area contributed by atoms with Gasteiger partial charge in [-0.05, 0) is 30.3 Å². The van der Waals surface area contributed by atoms with Crippen LogP contribution in [-0.4, -0.2) is 29.0 Å². The van der Waals surface area contributed by atoms with Crippen molar-refractivity contribution in [3.05, 3.63) is 60.7 Å². The Morgan fingerprint density at radius 1 is 0.889 bits per heavy atom. The van der Waals surface area contributed by atoms with Gasteiger partial charge < -0.3 is 9.15 Å². The molecule has 2 fully saturated rings. The van der Waals surface area contributed by atoms with E-state index in [1.165, 1.54) is 4.90 Å². The maximum atomic E-state index is 12.9. The standard InChI is InChI=1S/C21H14N2O4/c24-20-17-15-8-9-16(26-15)18(17)21(25)23(20)12-5-3-4-11(10-12)19-22-13-6-1-2-7-14(13)27-19/h1-10,15-18H. The van der Waals surface area contributed by atoms with Gasteiger partial charge in [0, 0.05) is 5.56 Å². The number of imide groups is 1. The third kappa shape index (κ3) is 1.96. The molecular weight excluding hydrogens is 344 g/mol. The minimum atomic E-state index is -0.416. The van der Waals surface area contributed by atoms with Gasteiger partial charge in [0.05, 0.1) is 29.7 Å². The number of nitrogens with zero attached hydrogens (tertiary/aromatic N) is 2. The van der Waals surface area contributed by atoms with Crippen molar-refractivity contribution in [2.45, 2.75) is 12.2 Å². The number of ether oxygens (including phenoxy) is 1. The zero-order valence-electron chi connectivity index (χ0n) is 14.1. The Morgan fingerprint density at radius 2 is 1.63 bits per heavy atom. The lowest BCUT2D eigenvalue weighted by molar-refractivity contribution is -0.124. The minimum Gasteiger partial charge on any atom is -0.436 e. The van der Waals surface area contributed by atoms with E-state index in [1.54, 1.807) is 18.2 Å². The van der Waals surface area contributed by atoms with E-state index >= 15 is 0 Å². The Labute approximate surface area is 154 Å². The van der Waals surface area contributed by atoms with E-state index < -0.39 is 11.8 Å². The van der Waals surface area contributed by atoms with Gasteiger partial charge in [-0.25, -0.2) is 9.88 Å². The predicted octanol–water partition coefficient (Wildman–Crippen LogP) is 2.94. The molecule has 2 amide bonds. The number of para-hydroxylation sites is 2. The Kier molecular flexibility index (Phi) is 2.83. The maximum absolute atomic E-state index is 12.9. The third-order valence-corrected chi connectivity index (χ3v) is 5.56. The zero-order valence-corrected chi connectivity index (χ0v) is 14.1. The van der Waals surface area contributed by atoms with Gasteiger partial charge in [-0.2, -0.15) is 0 Å². The molecule has 4 atom stereocenters. The fraction of sp³-hybridized carbons (Fsp3) is 0.190. The lowest BCUT2D eigenvalue weighted by atomic mass is 9.85. The molecule has 6 heteroatoms. The molecule has 6 rings (SSSR count). The first kappa shape index (κ1) is 14.9. The quantitative estimate of drug-likeness (QED) is 0.520. The summed E-state index contributed by atoms with van der Waals surface area (Å²) in [5, 5.41) is 0. The number of carbonyl (C=O) groups excluding carboxylic acids is 2. The molecule has 0 spiro atoms. The SMILES string of the molecule is O=C1C2C3C=CC(O3)C2C(=O)N1c1cccc(-c2nc3ccccc3o2)c1. The van der Waals surface area contributed by atoms with E-state index in [9.17, 15) is 9.59 Å². The highest BCUT2D eigenvalue weighted by atomic mass is 16.5. The smallest absolute Gasteiger partial charge is 0.240 e. The van der Waals surface area contributed by atoms with Gasteiger partial charge in [0.25, 0.3) is 0 Å². The first-order valence-corrected chi connectivity index (χ1v) is 8.88. The summed E-state index contributed by atoms with van der Waals surface area (Å²) in [6.07, 6.45) is 3.19. The molecule has 1 aromatic heterocycles. The predicted molar refractivity (Wildman–Crippen MR) is 96.7 cm³/mol. The van der Waals surface area contributed by atoms with Gasteiger partial charge in [0.1, 0.15) is 5.52 Å². The molecular formula is C21H14N2O4. The van der Waals surface area contributed by atoms with Crippen LogP contribution in [0.3, 0.4) is 0 Å². The monoisotopic (exact) mass is 358 g/mol. The zero-order chi connectivity index (χ0) is 18.1. The molecule has 2 aromatic carbocycles. The van der Waals surface area contributed by atoms with E-state index in [0.29, 0.717) is 17.2 Å². The minimum absolute atomic E-state index is 0.198. The number of anilines is 1. The van der Waals surface area contributed by atoms with Crippen LogP contribution in [0.4, 0.5) is 5.69 Å². The van der Waals surface area contributed by atoms with Crippen LogP contribution >= 0.6 is 0 Å². The number of amides is 2. The summed E-state index contributed by atoms with van der Waals surface area (Å²) in [5.41, 5.74) is 2.72. The van der Waals surface area contributed by atoms with Crippen molar-refractivity contribution in [3.8, 4) is 11.5 Å². The Morgan fingerprint density at radius 3 is 2.37 bits per heavy atom. The van der Waals surface area contributed by atoms with Crippen molar-refractivity contribution in [3.63, 3.8) is 0 Å². The molecule has 0 N–H and O–H groups in total. The van der Waals surface area contributed by atoms with Crippen LogP contribution in [-0.2, 0) is 14.3 Å². The molecule has 3 aliphatic rings. The van der Waals surface area contributed by atoms with E-state index in [4.69, 9.17) is 9.15 Å². The third-order valence-electron chi connectivity index (χ3n) is 5.56. The van der Waals surface area contributed by atoms with Crippen LogP contribution in [0, 0.1) is 11.8 Å². The number of hydrogen-bond acceptors (Lipinski definition) is 5. The van der Waals surface area contributed by atoms with Crippen LogP contribution in [0.5, 0.6) is 0 Å². The molecule has 0 aliphatic carbocycles. The molecule has 2 bridgehead atoms. The topological polar surface area (TPSA) is 72.6 Å². The Hall–Kier alpha value is -3.25. The summed E-state index contributed by atoms with van der Waals surface area (Å²) in [7, 11) is 0. The number of aromatic nitrogens is 1. The molecule has 0 saturated carbocycles. The van der Waals surface area contributed by atoms with Crippen LogP contribution in [0.15, 0.2) is 65.1 Å². The molecule has 3 aliphatic heterocycles. The van der Waals surface area contributed by atoms with Crippen molar-refractivity contribution in [1.82, 2.24) is 4.98 Å². The lowest BCUT2D eigenvalue weighted by Gasteiger charge is -2.18. The van der Waals surface area contributed by atoms with Gasteiger partial charge in [-0.1, -0.05) is 30.4 Å². The van der Waals surface area contributed by atoms with Gasteiger partial charge in [0.15, 0.2) is 5.58 Å². The van der Waals surface area contributed by atoms with Crippen molar-refractivity contribution in [1.29, 1.82) is 0 Å². The summed E-state index contributed by atoms with van der Waals surface area (Å²) in [4.78, 5) is 31.6. The fourth-order valence-electron chi connectivity index (χ4n) is 4.33. The molecule has 6 nitrogen and oxygen atoms in total. The first-order valence-electron chi connectivity index (χ1n) is 8.88. The van der Waals surface area contributed by atoms with Gasteiger partial charge in [-0.15, -0.1) is 0 Å². The van der Waals surface area contributed by atoms with Crippen LogP contribution in [0.2, 0.25) is 0 Å². The van der Waals surface area contributed by atoms with E-state index in [0.717, 1.165) is 11.1 Å². The lowest BCUT2D eigenvalue weighted by Crippen LogP contribution is -2.34. The number of hydrogen-bond donors (Lipinski definition) is 0. The number of carbonyl (C=O) groups is 2. The molecule has 27 heavy (non-hydrogen) atoms. The van der Waals surface area contributed by atoms with Crippen LogP contribution in [0.1, 0.15) is 0 Å². The largest absolute Gasteiger partial charge is 0.436 e. The first-order chi connectivity index (χ1) is 13.2. The van der Waals surface area contributed by atoms with Crippen LogP contribution in [0.25, 0.3) is 22.6 Å². The maximum Gasteiger partial charge on any atom is 0.240 e. The average molecular weight is 358 g/mol. The van der Waals surface area contributed by atoms with Gasteiger partial charge >= 0.3 is 0 Å². The second kappa shape index (κ2) is 5.14. The molecule has 3 aromatic rings. The highest BCUT2D eigenvalue weighted by molar-refractivity contribution is 6.23. The number of fused-ring (bicyclic) bond motifs is 6. The highest BCUT2D eigenvalue weighted by Gasteiger charge is 2.61. The number of oxazole rings is 1. The summed E-state index contributed by atoms with van der Waals surface area (Å²) in [6.45, 7) is 0. The summed E-state index contributed by atoms with van der Waals surface area (Å²) in [5.74, 6) is -0.767. The summed E-state index contributed by atoms with van der Waals surface area (Å²) >= 11 is 0. The number of rotatable bonds is 2. The van der Waals surface area contributed by atoms with Gasteiger partial charge in [0.2, 0.25) is 17.7 Å². The molecule has 4 heterocycles. The van der Waals surface area contributed by atoms with Crippen molar-refractivity contribution >= 4 is 28.6 Å². The normalized spacial score (nSPS) is 28.5. The Balaban J connectivity index is 1.40. The van der Waals surface area contributed by atoms with Crippen LogP contribution < -0.4 is 4.90 Å². The highest BCUT2D eigenvalue weighted by Crippen LogP contribution is 2.46. The molecule has 2 saturated heterocycles. The summed E-state index contributed by atoms with van der Waals surface area (Å²) < 4.78 is 11.5. The van der Waals surface area contributed by atoms with Gasteiger partial charge in [-0.3, -0.25) is 9.59 Å². The van der Waals surface area contributed by atoms with E-state index in [-0.39, 0.29) is 24.0 Å². The molecule has 132 valence electrons. The Bertz CT molecular complexity index is 1080. The fourth-order valence-corrected chi connectivity index (χ4v) is 4.33. The van der Waals surface area contributed by atoms with Crippen molar-refractivity contribution < 1.29 is 18.7 Å².